The largest absolute Gasteiger partial charge is 0.378 e. The van der Waals surface area contributed by atoms with Crippen molar-refractivity contribution in [2.45, 2.75) is 0 Å². The third-order valence-electron chi connectivity index (χ3n) is 4.46. The lowest BCUT2D eigenvalue weighted by Gasteiger charge is -2.28. The molecule has 2 heterocycles. The molecule has 0 bridgehead atoms. The van der Waals surface area contributed by atoms with Crippen LogP contribution in [0.4, 0.5) is 15.8 Å². The molecule has 0 aliphatic carbocycles. The molecule has 6 heteroatoms. The third-order valence-corrected chi connectivity index (χ3v) is 5.59. The van der Waals surface area contributed by atoms with Crippen molar-refractivity contribution in [3.8, 4) is 10.4 Å². The highest BCUT2D eigenvalue weighted by Gasteiger charge is 2.13. The van der Waals surface area contributed by atoms with Crippen molar-refractivity contribution in [2.75, 3.05) is 36.5 Å². The van der Waals surface area contributed by atoms with Gasteiger partial charge in [-0.2, -0.15) is 0 Å². The first-order valence-corrected chi connectivity index (χ1v) is 9.60. The molecule has 0 saturated carbocycles. The molecular weight excluding hydrogens is 363 g/mol. The van der Waals surface area contributed by atoms with Gasteiger partial charge in [0.15, 0.2) is 0 Å². The van der Waals surface area contributed by atoms with Gasteiger partial charge >= 0.3 is 0 Å². The van der Waals surface area contributed by atoms with Crippen LogP contribution >= 0.6 is 11.3 Å². The van der Waals surface area contributed by atoms with Gasteiger partial charge in [-0.25, -0.2) is 4.39 Å². The number of carbonyl (C=O) groups excluding carboxylic acids is 1. The lowest BCUT2D eigenvalue weighted by molar-refractivity contribution is 0.103. The Morgan fingerprint density at radius 2 is 1.67 bits per heavy atom. The predicted octanol–water partition coefficient (Wildman–Crippen LogP) is 4.64. The van der Waals surface area contributed by atoms with E-state index >= 15 is 0 Å². The van der Waals surface area contributed by atoms with Crippen LogP contribution in [-0.2, 0) is 4.74 Å². The molecule has 27 heavy (non-hydrogen) atoms. The number of ether oxygens (including phenoxy) is 1. The van der Waals surface area contributed by atoms with Crippen molar-refractivity contribution in [1.82, 2.24) is 0 Å². The number of nitrogens with zero attached hydrogens (tertiary/aromatic N) is 1. The van der Waals surface area contributed by atoms with Gasteiger partial charge in [-0.1, -0.05) is 12.1 Å². The monoisotopic (exact) mass is 382 g/mol. The summed E-state index contributed by atoms with van der Waals surface area (Å²) in [6.07, 6.45) is 0. The maximum atomic E-state index is 13.1. The van der Waals surface area contributed by atoms with Crippen molar-refractivity contribution in [2.24, 2.45) is 0 Å². The number of thiophene rings is 1. The number of rotatable bonds is 4. The first-order chi connectivity index (χ1) is 13.2. The van der Waals surface area contributed by atoms with E-state index in [4.69, 9.17) is 4.74 Å². The minimum Gasteiger partial charge on any atom is -0.378 e. The van der Waals surface area contributed by atoms with E-state index in [9.17, 15) is 9.18 Å². The summed E-state index contributed by atoms with van der Waals surface area (Å²) in [7, 11) is 0. The van der Waals surface area contributed by atoms with Gasteiger partial charge in [0.2, 0.25) is 0 Å². The minimum absolute atomic E-state index is 0.146. The zero-order valence-corrected chi connectivity index (χ0v) is 15.5. The Balaban J connectivity index is 1.42. The van der Waals surface area contributed by atoms with E-state index in [1.165, 1.54) is 23.5 Å². The van der Waals surface area contributed by atoms with Crippen LogP contribution in [0.5, 0.6) is 0 Å². The maximum Gasteiger partial charge on any atom is 0.265 e. The Bertz CT molecular complexity index is 916. The van der Waals surface area contributed by atoms with Crippen LogP contribution in [0.15, 0.2) is 60.7 Å². The molecule has 0 radical (unpaired) electrons. The highest BCUT2D eigenvalue weighted by molar-refractivity contribution is 7.17. The first-order valence-electron chi connectivity index (χ1n) is 8.79. The summed E-state index contributed by atoms with van der Waals surface area (Å²) in [4.78, 5) is 16.3. The molecule has 3 aromatic rings. The SMILES string of the molecule is O=C(Nc1ccc(N2CCOCC2)cc1)c1ccc(-c2ccc(F)cc2)s1. The van der Waals surface area contributed by atoms with Crippen LogP contribution < -0.4 is 10.2 Å². The van der Waals surface area contributed by atoms with E-state index in [-0.39, 0.29) is 11.7 Å². The summed E-state index contributed by atoms with van der Waals surface area (Å²) in [6.45, 7) is 3.25. The second-order valence-electron chi connectivity index (χ2n) is 6.27. The molecule has 4 rings (SSSR count). The molecule has 1 saturated heterocycles. The van der Waals surface area contributed by atoms with Crippen LogP contribution in [0.1, 0.15) is 9.67 Å². The maximum absolute atomic E-state index is 13.1. The summed E-state index contributed by atoms with van der Waals surface area (Å²) in [5.74, 6) is -0.415. The Morgan fingerprint density at radius 1 is 0.963 bits per heavy atom. The highest BCUT2D eigenvalue weighted by atomic mass is 32.1. The molecule has 4 nitrogen and oxygen atoms in total. The standard InChI is InChI=1S/C21H19FN2O2S/c22-16-3-1-15(2-4-16)19-9-10-20(27-19)21(25)23-17-5-7-18(8-6-17)24-11-13-26-14-12-24/h1-10H,11-14H2,(H,23,25). The van der Waals surface area contributed by atoms with Gasteiger partial charge in [0.25, 0.3) is 5.91 Å². The fourth-order valence-corrected chi connectivity index (χ4v) is 3.91. The van der Waals surface area contributed by atoms with Crippen LogP contribution in [0, 0.1) is 5.82 Å². The van der Waals surface area contributed by atoms with Crippen LogP contribution in [0.3, 0.4) is 0 Å². The van der Waals surface area contributed by atoms with Crippen molar-refractivity contribution >= 4 is 28.6 Å². The zero-order chi connectivity index (χ0) is 18.6. The Labute approximate surface area is 161 Å². The number of carbonyl (C=O) groups is 1. The summed E-state index contributed by atoms with van der Waals surface area (Å²) in [6, 6.07) is 17.8. The summed E-state index contributed by atoms with van der Waals surface area (Å²) >= 11 is 1.39. The summed E-state index contributed by atoms with van der Waals surface area (Å²) < 4.78 is 18.4. The van der Waals surface area contributed by atoms with Crippen LogP contribution in [0.25, 0.3) is 10.4 Å². The van der Waals surface area contributed by atoms with Gasteiger partial charge < -0.3 is 15.0 Å². The smallest absolute Gasteiger partial charge is 0.265 e. The van der Waals surface area contributed by atoms with E-state index in [2.05, 4.69) is 10.2 Å². The Kier molecular flexibility index (Phi) is 5.18. The normalized spacial score (nSPS) is 14.2. The van der Waals surface area contributed by atoms with E-state index in [1.54, 1.807) is 18.2 Å². The predicted molar refractivity (Wildman–Crippen MR) is 107 cm³/mol. The number of anilines is 2. The molecule has 0 atom stereocenters. The van der Waals surface area contributed by atoms with E-state index in [0.29, 0.717) is 4.88 Å². The van der Waals surface area contributed by atoms with Gasteiger partial charge in [-0.15, -0.1) is 11.3 Å². The molecule has 0 spiro atoms. The molecule has 1 fully saturated rings. The third kappa shape index (κ3) is 4.18. The van der Waals surface area contributed by atoms with Crippen molar-refractivity contribution in [1.29, 1.82) is 0 Å². The van der Waals surface area contributed by atoms with Gasteiger partial charge in [0.05, 0.1) is 18.1 Å². The van der Waals surface area contributed by atoms with Gasteiger partial charge in [0, 0.05) is 29.3 Å². The van der Waals surface area contributed by atoms with E-state index < -0.39 is 0 Å². The van der Waals surface area contributed by atoms with Gasteiger partial charge in [-0.05, 0) is 54.1 Å². The second-order valence-corrected chi connectivity index (χ2v) is 7.35. The van der Waals surface area contributed by atoms with Crippen LogP contribution in [0.2, 0.25) is 0 Å². The number of amides is 1. The molecule has 1 aliphatic heterocycles. The van der Waals surface area contributed by atoms with Gasteiger partial charge in [-0.3, -0.25) is 4.79 Å². The molecule has 1 aliphatic rings. The Morgan fingerprint density at radius 3 is 2.37 bits per heavy atom. The zero-order valence-electron chi connectivity index (χ0n) is 14.7. The second kappa shape index (κ2) is 7.90. The molecule has 1 N–H and O–H groups in total. The molecule has 1 amide bonds. The molecule has 138 valence electrons. The fourth-order valence-electron chi connectivity index (χ4n) is 3.00. The molecule has 2 aromatic carbocycles. The highest BCUT2D eigenvalue weighted by Crippen LogP contribution is 2.29. The average molecular weight is 382 g/mol. The number of nitrogens with one attached hydrogen (secondary N) is 1. The first kappa shape index (κ1) is 17.7. The number of benzene rings is 2. The summed E-state index contributed by atoms with van der Waals surface area (Å²) in [5, 5.41) is 2.93. The van der Waals surface area contributed by atoms with Crippen molar-refractivity contribution < 1.29 is 13.9 Å². The van der Waals surface area contributed by atoms with Gasteiger partial charge in [0.1, 0.15) is 5.82 Å². The average Bonchev–Trinajstić information content (AvgIpc) is 3.20. The number of hydrogen-bond donors (Lipinski definition) is 1. The van der Waals surface area contributed by atoms with Crippen LogP contribution in [-0.4, -0.2) is 32.2 Å². The van der Waals surface area contributed by atoms with E-state index in [1.807, 2.05) is 30.3 Å². The topological polar surface area (TPSA) is 41.6 Å². The van der Waals surface area contributed by atoms with E-state index in [0.717, 1.165) is 48.1 Å². The number of hydrogen-bond acceptors (Lipinski definition) is 4. The molecule has 1 aromatic heterocycles. The lowest BCUT2D eigenvalue weighted by Crippen LogP contribution is -2.36. The molecular formula is C21H19FN2O2S. The van der Waals surface area contributed by atoms with Crippen molar-refractivity contribution in [3.63, 3.8) is 0 Å². The van der Waals surface area contributed by atoms with Crippen molar-refractivity contribution in [3.05, 3.63) is 71.4 Å². The molecule has 0 unspecified atom stereocenters. The Hall–Kier alpha value is -2.70. The minimum atomic E-state index is -0.270. The summed E-state index contributed by atoms with van der Waals surface area (Å²) in [5.41, 5.74) is 2.79. The lowest BCUT2D eigenvalue weighted by atomic mass is 10.2. The quantitative estimate of drug-likeness (QED) is 0.715. The number of morpholine rings is 1. The fraction of sp³-hybridized carbons (Fsp3) is 0.190. The number of halogens is 1.